The Morgan fingerprint density at radius 2 is 2.10 bits per heavy atom. The monoisotopic (exact) mass is 288 g/mol. The second kappa shape index (κ2) is 6.45. The first kappa shape index (κ1) is 15.1. The van der Waals surface area contributed by atoms with Gasteiger partial charge in [0.05, 0.1) is 0 Å². The molecular weight excluding hydrogens is 269 g/mol. The highest BCUT2D eigenvalue weighted by Gasteiger charge is 2.32. The molecule has 1 aliphatic heterocycles. The van der Waals surface area contributed by atoms with Gasteiger partial charge in [0, 0.05) is 24.7 Å². The van der Waals surface area contributed by atoms with Gasteiger partial charge in [-0.3, -0.25) is 4.90 Å². The van der Waals surface area contributed by atoms with Gasteiger partial charge in [0.25, 0.3) is 0 Å². The van der Waals surface area contributed by atoms with Crippen LogP contribution in [-0.4, -0.2) is 37.4 Å². The van der Waals surface area contributed by atoms with Crippen molar-refractivity contribution in [2.75, 3.05) is 20.1 Å². The number of alkyl halides is 3. The van der Waals surface area contributed by atoms with E-state index in [1.54, 1.807) is 18.2 Å². The van der Waals surface area contributed by atoms with E-state index in [0.717, 1.165) is 25.9 Å². The van der Waals surface area contributed by atoms with Crippen LogP contribution < -0.4 is 10.1 Å². The van der Waals surface area contributed by atoms with E-state index in [2.05, 4.69) is 15.0 Å². The minimum absolute atomic E-state index is 0.105. The zero-order valence-corrected chi connectivity index (χ0v) is 11.4. The van der Waals surface area contributed by atoms with Gasteiger partial charge in [-0.25, -0.2) is 0 Å². The summed E-state index contributed by atoms with van der Waals surface area (Å²) in [7, 11) is 1.91. The predicted molar refractivity (Wildman–Crippen MR) is 70.5 cm³/mol. The molecule has 3 nitrogen and oxygen atoms in total. The minimum atomic E-state index is -4.65. The molecule has 2 rings (SSSR count). The van der Waals surface area contributed by atoms with Crippen molar-refractivity contribution in [3.63, 3.8) is 0 Å². The fraction of sp³-hybridized carbons (Fsp3) is 0.571. The number of halogens is 3. The molecule has 1 N–H and O–H groups in total. The maximum Gasteiger partial charge on any atom is 0.573 e. The lowest BCUT2D eigenvalue weighted by molar-refractivity contribution is -0.275. The van der Waals surface area contributed by atoms with Gasteiger partial charge in [0.1, 0.15) is 5.75 Å². The lowest BCUT2D eigenvalue weighted by atomic mass is 10.0. The Hall–Kier alpha value is -1.27. The number of likely N-dealkylation sites (tertiary alicyclic amines) is 1. The third-order valence-electron chi connectivity index (χ3n) is 3.51. The van der Waals surface area contributed by atoms with Gasteiger partial charge < -0.3 is 10.1 Å². The van der Waals surface area contributed by atoms with Gasteiger partial charge in [0.2, 0.25) is 0 Å². The molecule has 0 radical (unpaired) electrons. The molecule has 1 heterocycles. The third-order valence-corrected chi connectivity index (χ3v) is 3.51. The van der Waals surface area contributed by atoms with Crippen LogP contribution in [-0.2, 0) is 6.54 Å². The number of hydrogen-bond donors (Lipinski definition) is 1. The topological polar surface area (TPSA) is 24.5 Å². The maximum absolute atomic E-state index is 12.4. The van der Waals surface area contributed by atoms with Crippen LogP contribution >= 0.6 is 0 Å². The second-order valence-corrected chi connectivity index (χ2v) is 5.02. The average molecular weight is 288 g/mol. The number of nitrogens with one attached hydrogen (secondary N) is 1. The van der Waals surface area contributed by atoms with Crippen molar-refractivity contribution in [2.24, 2.45) is 0 Å². The number of likely N-dealkylation sites (N-methyl/N-ethyl adjacent to an activating group) is 1. The van der Waals surface area contributed by atoms with E-state index in [-0.39, 0.29) is 5.75 Å². The highest BCUT2D eigenvalue weighted by atomic mass is 19.4. The van der Waals surface area contributed by atoms with Crippen molar-refractivity contribution >= 4 is 0 Å². The van der Waals surface area contributed by atoms with E-state index in [9.17, 15) is 13.2 Å². The zero-order chi connectivity index (χ0) is 14.6. The summed E-state index contributed by atoms with van der Waals surface area (Å²) in [5.74, 6) is -0.105. The van der Waals surface area contributed by atoms with Crippen molar-refractivity contribution in [1.29, 1.82) is 0 Å². The molecule has 1 atom stereocenters. The largest absolute Gasteiger partial charge is 0.573 e. The Labute approximate surface area is 116 Å². The molecule has 0 spiro atoms. The number of hydrogen-bond acceptors (Lipinski definition) is 3. The predicted octanol–water partition coefficient (Wildman–Crippen LogP) is 2.77. The summed E-state index contributed by atoms with van der Waals surface area (Å²) in [6, 6.07) is 6.74. The number of nitrogens with zero attached hydrogens (tertiary/aromatic N) is 1. The summed E-state index contributed by atoms with van der Waals surface area (Å²) in [5, 5.41) is 3.22. The molecule has 1 aliphatic rings. The lowest BCUT2D eigenvalue weighted by Crippen LogP contribution is -2.43. The van der Waals surface area contributed by atoms with E-state index in [1.807, 2.05) is 7.05 Å². The Morgan fingerprint density at radius 1 is 1.35 bits per heavy atom. The molecule has 20 heavy (non-hydrogen) atoms. The highest BCUT2D eigenvalue weighted by molar-refractivity contribution is 5.33. The second-order valence-electron chi connectivity index (χ2n) is 5.02. The molecule has 6 heteroatoms. The molecule has 1 fully saturated rings. The summed E-state index contributed by atoms with van der Waals surface area (Å²) >= 11 is 0. The average Bonchev–Trinajstić information content (AvgIpc) is 2.40. The Kier molecular flexibility index (Phi) is 4.88. The van der Waals surface area contributed by atoms with Crippen molar-refractivity contribution in [1.82, 2.24) is 10.2 Å². The smallest absolute Gasteiger partial charge is 0.405 e. The van der Waals surface area contributed by atoms with Crippen LogP contribution in [0.2, 0.25) is 0 Å². The molecular formula is C14H19F3N2O. The summed E-state index contributed by atoms with van der Waals surface area (Å²) in [6.07, 6.45) is -2.49. The molecule has 0 saturated carbocycles. The molecule has 1 unspecified atom stereocenters. The normalized spacial score (nSPS) is 20.9. The van der Waals surface area contributed by atoms with Crippen molar-refractivity contribution in [3.05, 3.63) is 29.8 Å². The summed E-state index contributed by atoms with van der Waals surface area (Å²) in [6.45, 7) is 2.22. The van der Waals surface area contributed by atoms with Gasteiger partial charge in [0.15, 0.2) is 0 Å². The standard InChI is InChI=1S/C14H19F3N2O/c1-18-12-6-4-8-19(10-12)9-11-5-2-3-7-13(11)20-14(15,16)17/h2-3,5,7,12,18H,4,6,8-10H2,1H3. The van der Waals surface area contributed by atoms with E-state index in [1.165, 1.54) is 6.07 Å². The first-order valence-electron chi connectivity index (χ1n) is 6.71. The SMILES string of the molecule is CNC1CCCN(Cc2ccccc2OC(F)(F)F)C1. The molecule has 0 aliphatic carbocycles. The zero-order valence-electron chi connectivity index (χ0n) is 11.4. The Morgan fingerprint density at radius 3 is 2.80 bits per heavy atom. The molecule has 0 amide bonds. The van der Waals surface area contributed by atoms with Crippen molar-refractivity contribution in [2.45, 2.75) is 31.8 Å². The van der Waals surface area contributed by atoms with Gasteiger partial charge >= 0.3 is 6.36 Å². The summed E-state index contributed by atoms with van der Waals surface area (Å²) < 4.78 is 41.2. The van der Waals surface area contributed by atoms with Gasteiger partial charge in [-0.15, -0.1) is 13.2 Å². The van der Waals surface area contributed by atoms with Crippen molar-refractivity contribution in [3.8, 4) is 5.75 Å². The first-order valence-corrected chi connectivity index (χ1v) is 6.71. The fourth-order valence-electron chi connectivity index (χ4n) is 2.53. The van der Waals surface area contributed by atoms with Crippen LogP contribution in [0.3, 0.4) is 0 Å². The maximum atomic E-state index is 12.4. The van der Waals surface area contributed by atoms with Crippen LogP contribution in [0.1, 0.15) is 18.4 Å². The molecule has 1 aromatic carbocycles. The van der Waals surface area contributed by atoms with E-state index < -0.39 is 6.36 Å². The Bertz CT molecular complexity index is 437. The number of rotatable bonds is 4. The van der Waals surface area contributed by atoms with Crippen LogP contribution in [0.5, 0.6) is 5.75 Å². The molecule has 1 saturated heterocycles. The van der Waals surface area contributed by atoms with Crippen LogP contribution in [0, 0.1) is 0 Å². The fourth-order valence-corrected chi connectivity index (χ4v) is 2.53. The minimum Gasteiger partial charge on any atom is -0.405 e. The first-order chi connectivity index (χ1) is 9.48. The Balaban J connectivity index is 2.05. The summed E-state index contributed by atoms with van der Waals surface area (Å²) in [4.78, 5) is 2.16. The van der Waals surface area contributed by atoms with Gasteiger partial charge in [-0.2, -0.15) is 0 Å². The molecule has 112 valence electrons. The van der Waals surface area contributed by atoms with Gasteiger partial charge in [-0.1, -0.05) is 18.2 Å². The highest BCUT2D eigenvalue weighted by Crippen LogP contribution is 2.27. The molecule has 0 bridgehead atoms. The lowest BCUT2D eigenvalue weighted by Gasteiger charge is -2.32. The van der Waals surface area contributed by atoms with Crippen molar-refractivity contribution < 1.29 is 17.9 Å². The van der Waals surface area contributed by atoms with Gasteiger partial charge in [-0.05, 0) is 32.5 Å². The van der Waals surface area contributed by atoms with Crippen LogP contribution in [0.25, 0.3) is 0 Å². The molecule has 1 aromatic rings. The number of benzene rings is 1. The van der Waals surface area contributed by atoms with Crippen LogP contribution in [0.15, 0.2) is 24.3 Å². The van der Waals surface area contributed by atoms with E-state index in [0.29, 0.717) is 18.2 Å². The summed E-state index contributed by atoms with van der Waals surface area (Å²) in [5.41, 5.74) is 0.571. The van der Waals surface area contributed by atoms with Crippen LogP contribution in [0.4, 0.5) is 13.2 Å². The third kappa shape index (κ3) is 4.38. The molecule has 0 aromatic heterocycles. The van der Waals surface area contributed by atoms with E-state index >= 15 is 0 Å². The number of piperidine rings is 1. The number of ether oxygens (including phenoxy) is 1. The number of para-hydroxylation sites is 1. The van der Waals surface area contributed by atoms with E-state index in [4.69, 9.17) is 0 Å². The quantitative estimate of drug-likeness (QED) is 0.922.